The van der Waals surface area contributed by atoms with Crippen molar-refractivity contribution in [3.8, 4) is 5.75 Å². The fraction of sp³-hybridized carbons (Fsp3) is 0.500. The van der Waals surface area contributed by atoms with E-state index in [0.29, 0.717) is 19.5 Å². The Morgan fingerprint density at radius 2 is 2.24 bits per heavy atom. The lowest BCUT2D eigenvalue weighted by Gasteiger charge is -2.12. The predicted molar refractivity (Wildman–Crippen MR) is 65.8 cm³/mol. The third-order valence-corrected chi connectivity index (χ3v) is 2.59. The highest BCUT2D eigenvalue weighted by Gasteiger charge is 2.08. The van der Waals surface area contributed by atoms with E-state index in [0.717, 1.165) is 22.6 Å². The van der Waals surface area contributed by atoms with E-state index in [1.165, 1.54) is 0 Å². The number of methoxy groups -OCH3 is 1. The molecule has 0 atom stereocenters. The van der Waals surface area contributed by atoms with E-state index in [9.17, 15) is 4.79 Å². The Labute approximate surface area is 101 Å². The van der Waals surface area contributed by atoms with Gasteiger partial charge in [-0.3, -0.25) is 9.78 Å². The number of hydrogen-bond donors (Lipinski definition) is 2. The van der Waals surface area contributed by atoms with Gasteiger partial charge in [-0.15, -0.1) is 0 Å². The highest BCUT2D eigenvalue weighted by atomic mass is 16.5. The summed E-state index contributed by atoms with van der Waals surface area (Å²) in [5, 5.41) is 3.13. The SMILES string of the molecule is COc1c(C)cnc(CNCCC(N)=O)c1C. The van der Waals surface area contributed by atoms with Crippen LogP contribution in [0.15, 0.2) is 6.20 Å². The first kappa shape index (κ1) is 13.4. The number of nitrogens with two attached hydrogens (primary N) is 1. The van der Waals surface area contributed by atoms with Gasteiger partial charge in [0.05, 0.1) is 12.8 Å². The van der Waals surface area contributed by atoms with Crippen LogP contribution in [0, 0.1) is 13.8 Å². The van der Waals surface area contributed by atoms with Crippen LogP contribution in [0.25, 0.3) is 0 Å². The normalized spacial score (nSPS) is 10.3. The van der Waals surface area contributed by atoms with Crippen molar-refractivity contribution in [3.63, 3.8) is 0 Å². The zero-order chi connectivity index (χ0) is 12.8. The molecule has 1 heterocycles. The maximum atomic E-state index is 10.6. The largest absolute Gasteiger partial charge is 0.496 e. The van der Waals surface area contributed by atoms with Gasteiger partial charge in [0.25, 0.3) is 0 Å². The lowest BCUT2D eigenvalue weighted by atomic mass is 10.1. The second-order valence-corrected chi connectivity index (χ2v) is 3.94. The molecule has 5 nitrogen and oxygen atoms in total. The molecule has 0 unspecified atom stereocenters. The molecule has 0 bridgehead atoms. The third kappa shape index (κ3) is 3.71. The Morgan fingerprint density at radius 1 is 1.53 bits per heavy atom. The van der Waals surface area contributed by atoms with E-state index in [-0.39, 0.29) is 5.91 Å². The van der Waals surface area contributed by atoms with E-state index >= 15 is 0 Å². The number of aromatic nitrogens is 1. The molecule has 1 amide bonds. The van der Waals surface area contributed by atoms with Crippen LogP contribution in [0.2, 0.25) is 0 Å². The fourth-order valence-corrected chi connectivity index (χ4v) is 1.67. The van der Waals surface area contributed by atoms with Gasteiger partial charge in [0.15, 0.2) is 0 Å². The Morgan fingerprint density at radius 3 is 2.82 bits per heavy atom. The lowest BCUT2D eigenvalue weighted by Crippen LogP contribution is -2.22. The number of ether oxygens (including phenoxy) is 1. The molecule has 0 spiro atoms. The number of nitrogens with one attached hydrogen (secondary N) is 1. The molecule has 0 saturated heterocycles. The van der Waals surface area contributed by atoms with Crippen molar-refractivity contribution in [1.29, 1.82) is 0 Å². The summed E-state index contributed by atoms with van der Waals surface area (Å²) in [4.78, 5) is 14.9. The smallest absolute Gasteiger partial charge is 0.218 e. The van der Waals surface area contributed by atoms with Crippen LogP contribution in [0.1, 0.15) is 23.2 Å². The highest BCUT2D eigenvalue weighted by Crippen LogP contribution is 2.23. The number of carbonyl (C=O) groups excluding carboxylic acids is 1. The van der Waals surface area contributed by atoms with E-state index in [4.69, 9.17) is 10.5 Å². The Balaban J connectivity index is 2.63. The summed E-state index contributed by atoms with van der Waals surface area (Å²) in [7, 11) is 1.65. The first-order valence-corrected chi connectivity index (χ1v) is 5.54. The van der Waals surface area contributed by atoms with Gasteiger partial charge in [-0.2, -0.15) is 0 Å². The quantitative estimate of drug-likeness (QED) is 0.713. The minimum absolute atomic E-state index is 0.302. The summed E-state index contributed by atoms with van der Waals surface area (Å²) in [5.74, 6) is 0.565. The standard InChI is InChI=1S/C12H19N3O2/c1-8-6-15-10(9(2)12(8)17-3)7-14-5-4-11(13)16/h6,14H,4-5,7H2,1-3H3,(H2,13,16). The second kappa shape index (κ2) is 6.20. The molecule has 0 aromatic carbocycles. The summed E-state index contributed by atoms with van der Waals surface area (Å²) in [6, 6.07) is 0. The first-order chi connectivity index (χ1) is 8.06. The number of carbonyl (C=O) groups is 1. The van der Waals surface area contributed by atoms with Gasteiger partial charge in [0.2, 0.25) is 5.91 Å². The van der Waals surface area contributed by atoms with Crippen LogP contribution in [0.4, 0.5) is 0 Å². The van der Waals surface area contributed by atoms with E-state index in [1.807, 2.05) is 13.8 Å². The van der Waals surface area contributed by atoms with Crippen LogP contribution in [0.3, 0.4) is 0 Å². The molecule has 0 aliphatic heterocycles. The van der Waals surface area contributed by atoms with Crippen molar-refractivity contribution in [2.45, 2.75) is 26.8 Å². The number of nitrogens with zero attached hydrogens (tertiary/aromatic N) is 1. The highest BCUT2D eigenvalue weighted by molar-refractivity contribution is 5.73. The van der Waals surface area contributed by atoms with Gasteiger partial charge in [0.1, 0.15) is 5.75 Å². The van der Waals surface area contributed by atoms with Crippen molar-refractivity contribution in [1.82, 2.24) is 10.3 Å². The Hall–Kier alpha value is -1.62. The molecule has 17 heavy (non-hydrogen) atoms. The molecular weight excluding hydrogens is 218 g/mol. The van der Waals surface area contributed by atoms with Crippen molar-refractivity contribution < 1.29 is 9.53 Å². The molecule has 0 saturated carbocycles. The average molecular weight is 237 g/mol. The molecule has 0 aliphatic rings. The maximum Gasteiger partial charge on any atom is 0.218 e. The molecule has 1 rings (SSSR count). The van der Waals surface area contributed by atoms with E-state index in [2.05, 4.69) is 10.3 Å². The van der Waals surface area contributed by atoms with E-state index in [1.54, 1.807) is 13.3 Å². The number of aryl methyl sites for hydroxylation is 1. The summed E-state index contributed by atoms with van der Waals surface area (Å²) in [6.45, 7) is 5.11. The minimum Gasteiger partial charge on any atom is -0.496 e. The summed E-state index contributed by atoms with van der Waals surface area (Å²) < 4.78 is 5.32. The molecule has 0 fully saturated rings. The second-order valence-electron chi connectivity index (χ2n) is 3.94. The number of primary amides is 1. The summed E-state index contributed by atoms with van der Waals surface area (Å²) >= 11 is 0. The molecule has 1 aromatic rings. The number of pyridine rings is 1. The zero-order valence-electron chi connectivity index (χ0n) is 10.5. The van der Waals surface area contributed by atoms with Gasteiger partial charge in [0, 0.05) is 36.8 Å². The number of hydrogen-bond acceptors (Lipinski definition) is 4. The first-order valence-electron chi connectivity index (χ1n) is 5.54. The molecule has 0 aliphatic carbocycles. The van der Waals surface area contributed by atoms with Crippen LogP contribution < -0.4 is 15.8 Å². The van der Waals surface area contributed by atoms with Crippen LogP contribution in [-0.2, 0) is 11.3 Å². The third-order valence-electron chi connectivity index (χ3n) is 2.59. The fourth-order valence-electron chi connectivity index (χ4n) is 1.67. The molecule has 0 radical (unpaired) electrons. The van der Waals surface area contributed by atoms with Gasteiger partial charge in [-0.1, -0.05) is 0 Å². The van der Waals surface area contributed by atoms with Crippen molar-refractivity contribution in [3.05, 3.63) is 23.0 Å². The van der Waals surface area contributed by atoms with Gasteiger partial charge in [-0.25, -0.2) is 0 Å². The van der Waals surface area contributed by atoms with Crippen LogP contribution in [-0.4, -0.2) is 24.5 Å². The van der Waals surface area contributed by atoms with Gasteiger partial charge in [-0.05, 0) is 13.8 Å². The summed E-state index contributed by atoms with van der Waals surface area (Å²) in [6.07, 6.45) is 2.12. The Bertz CT molecular complexity index is 405. The topological polar surface area (TPSA) is 77.2 Å². The monoisotopic (exact) mass is 237 g/mol. The molecule has 94 valence electrons. The molecular formula is C12H19N3O2. The minimum atomic E-state index is -0.302. The van der Waals surface area contributed by atoms with Gasteiger partial charge >= 0.3 is 0 Å². The zero-order valence-corrected chi connectivity index (χ0v) is 10.5. The van der Waals surface area contributed by atoms with Crippen LogP contribution >= 0.6 is 0 Å². The summed E-state index contributed by atoms with van der Waals surface area (Å²) in [5.41, 5.74) is 8.03. The van der Waals surface area contributed by atoms with E-state index < -0.39 is 0 Å². The molecule has 3 N–H and O–H groups in total. The predicted octanol–water partition coefficient (Wildman–Crippen LogP) is 0.672. The molecule has 5 heteroatoms. The van der Waals surface area contributed by atoms with Gasteiger partial charge < -0.3 is 15.8 Å². The van der Waals surface area contributed by atoms with Crippen molar-refractivity contribution in [2.75, 3.05) is 13.7 Å². The number of rotatable bonds is 6. The average Bonchev–Trinajstić information content (AvgIpc) is 2.27. The van der Waals surface area contributed by atoms with Crippen molar-refractivity contribution >= 4 is 5.91 Å². The lowest BCUT2D eigenvalue weighted by molar-refractivity contribution is -0.117. The Kier molecular flexibility index (Phi) is 4.90. The van der Waals surface area contributed by atoms with Crippen molar-refractivity contribution in [2.24, 2.45) is 5.73 Å². The number of amides is 1. The molecule has 1 aromatic heterocycles. The van der Waals surface area contributed by atoms with Crippen LogP contribution in [0.5, 0.6) is 5.75 Å². The maximum absolute atomic E-state index is 10.6.